The van der Waals surface area contributed by atoms with Crippen LogP contribution in [0.1, 0.15) is 15.9 Å². The number of benzene rings is 2. The van der Waals surface area contributed by atoms with Crippen LogP contribution < -0.4 is 10.1 Å². The molecule has 0 heterocycles. The molecule has 0 bridgehead atoms. The van der Waals surface area contributed by atoms with Gasteiger partial charge in [-0.3, -0.25) is 19.7 Å². The van der Waals surface area contributed by atoms with Gasteiger partial charge in [0, 0.05) is 28.8 Å². The van der Waals surface area contributed by atoms with E-state index in [-0.39, 0.29) is 29.5 Å². The van der Waals surface area contributed by atoms with Crippen molar-refractivity contribution in [1.29, 1.82) is 0 Å². The highest BCUT2D eigenvalue weighted by Crippen LogP contribution is 2.28. The molecule has 0 aliphatic rings. The minimum absolute atomic E-state index is 0.0580. The van der Waals surface area contributed by atoms with Crippen LogP contribution in [0.4, 0.5) is 11.4 Å². The number of nitrogens with zero attached hydrogens (tertiary/aromatic N) is 2. The molecule has 0 unspecified atom stereocenters. The number of aryl methyl sites for hydroxylation is 1. The number of hydrogen-bond acceptors (Lipinski definition) is 5. The summed E-state index contributed by atoms with van der Waals surface area (Å²) in [6.07, 6.45) is 0. The second kappa shape index (κ2) is 8.63. The zero-order valence-electron chi connectivity index (χ0n) is 15.0. The van der Waals surface area contributed by atoms with Crippen LogP contribution in [0.3, 0.4) is 0 Å². The second-order valence-electron chi connectivity index (χ2n) is 5.81. The summed E-state index contributed by atoms with van der Waals surface area (Å²) < 4.78 is 5.81. The van der Waals surface area contributed by atoms with Crippen molar-refractivity contribution < 1.29 is 19.2 Å². The Morgan fingerprint density at radius 3 is 2.56 bits per heavy atom. The Labute approximate surface area is 164 Å². The number of nitro groups is 1. The predicted octanol–water partition coefficient (Wildman–Crippen LogP) is 3.39. The van der Waals surface area contributed by atoms with Crippen LogP contribution >= 0.6 is 15.9 Å². The fraction of sp³-hybridized carbons (Fsp3) is 0.222. The topological polar surface area (TPSA) is 102 Å². The van der Waals surface area contributed by atoms with Gasteiger partial charge in [0.05, 0.1) is 18.6 Å². The summed E-state index contributed by atoms with van der Waals surface area (Å²) in [4.78, 5) is 36.4. The summed E-state index contributed by atoms with van der Waals surface area (Å²) in [6.45, 7) is 1.65. The normalized spacial score (nSPS) is 10.2. The highest BCUT2D eigenvalue weighted by atomic mass is 79.9. The number of amides is 2. The van der Waals surface area contributed by atoms with Crippen molar-refractivity contribution in [2.75, 3.05) is 26.0 Å². The van der Waals surface area contributed by atoms with Crippen LogP contribution in [0.25, 0.3) is 0 Å². The lowest BCUT2D eigenvalue weighted by Gasteiger charge is -2.17. The molecule has 2 rings (SSSR count). The third-order valence-electron chi connectivity index (χ3n) is 3.81. The van der Waals surface area contributed by atoms with Gasteiger partial charge in [0.25, 0.3) is 5.91 Å². The Morgan fingerprint density at radius 2 is 1.96 bits per heavy atom. The first-order valence-corrected chi connectivity index (χ1v) is 8.66. The van der Waals surface area contributed by atoms with Crippen molar-refractivity contribution in [2.45, 2.75) is 6.92 Å². The highest BCUT2D eigenvalue weighted by Gasteiger charge is 2.21. The standard InChI is InChI=1S/C18H18BrN3O5/c1-11-8-13(19)5-6-14(11)20-17(23)10-21(2)18(24)12-4-7-16(27-3)15(9-12)22(25)26/h4-9H,10H2,1-3H3,(H,20,23). The van der Waals surface area contributed by atoms with Crippen molar-refractivity contribution in [3.63, 3.8) is 0 Å². The van der Waals surface area contributed by atoms with Gasteiger partial charge in [0.15, 0.2) is 5.75 Å². The van der Waals surface area contributed by atoms with Crippen molar-refractivity contribution in [2.24, 2.45) is 0 Å². The van der Waals surface area contributed by atoms with Crippen LogP contribution in [-0.4, -0.2) is 42.3 Å². The Morgan fingerprint density at radius 1 is 1.26 bits per heavy atom. The molecule has 0 fully saturated rings. The van der Waals surface area contributed by atoms with E-state index in [0.717, 1.165) is 16.1 Å². The zero-order chi connectivity index (χ0) is 20.1. The molecule has 2 aromatic carbocycles. The van der Waals surface area contributed by atoms with Gasteiger partial charge in [-0.2, -0.15) is 0 Å². The summed E-state index contributed by atoms with van der Waals surface area (Å²) in [5.41, 5.74) is 1.30. The Kier molecular flexibility index (Phi) is 6.51. The minimum atomic E-state index is -0.626. The molecule has 0 spiro atoms. The lowest BCUT2D eigenvalue weighted by molar-refractivity contribution is -0.385. The number of anilines is 1. The quantitative estimate of drug-likeness (QED) is 0.553. The minimum Gasteiger partial charge on any atom is -0.490 e. The van der Waals surface area contributed by atoms with Gasteiger partial charge >= 0.3 is 5.69 Å². The Balaban J connectivity index is 2.09. The fourth-order valence-corrected chi connectivity index (χ4v) is 2.91. The van der Waals surface area contributed by atoms with Gasteiger partial charge < -0.3 is 15.0 Å². The molecule has 0 saturated carbocycles. The molecule has 27 heavy (non-hydrogen) atoms. The van der Waals surface area contributed by atoms with E-state index in [0.29, 0.717) is 5.69 Å². The maximum Gasteiger partial charge on any atom is 0.311 e. The molecular weight excluding hydrogens is 418 g/mol. The zero-order valence-corrected chi connectivity index (χ0v) is 16.6. The van der Waals surface area contributed by atoms with Crippen LogP contribution in [0.2, 0.25) is 0 Å². The largest absolute Gasteiger partial charge is 0.490 e. The molecule has 142 valence electrons. The van der Waals surface area contributed by atoms with Crippen LogP contribution in [0.15, 0.2) is 40.9 Å². The van der Waals surface area contributed by atoms with Gasteiger partial charge in [0.1, 0.15) is 0 Å². The number of methoxy groups -OCH3 is 1. The summed E-state index contributed by atoms with van der Waals surface area (Å²) in [5.74, 6) is -0.828. The molecular formula is C18H18BrN3O5. The van der Waals surface area contributed by atoms with Gasteiger partial charge in [-0.15, -0.1) is 0 Å². The summed E-state index contributed by atoms with van der Waals surface area (Å²) in [6, 6.07) is 9.32. The molecule has 0 atom stereocenters. The maximum absolute atomic E-state index is 12.5. The average Bonchev–Trinajstić information content (AvgIpc) is 2.62. The van der Waals surface area contributed by atoms with Crippen molar-refractivity contribution in [3.8, 4) is 5.75 Å². The first kappa shape index (κ1) is 20.4. The smallest absolute Gasteiger partial charge is 0.311 e. The van der Waals surface area contributed by atoms with Gasteiger partial charge in [-0.1, -0.05) is 15.9 Å². The molecule has 8 nitrogen and oxygen atoms in total. The van der Waals surface area contributed by atoms with E-state index in [2.05, 4.69) is 21.2 Å². The number of nitro benzene ring substituents is 1. The molecule has 1 N–H and O–H groups in total. The number of halogens is 1. The van der Waals surface area contributed by atoms with E-state index in [4.69, 9.17) is 4.74 Å². The van der Waals surface area contributed by atoms with Crippen LogP contribution in [0.5, 0.6) is 5.75 Å². The summed E-state index contributed by atoms with van der Waals surface area (Å²) in [5, 5.41) is 13.8. The second-order valence-corrected chi connectivity index (χ2v) is 6.73. The predicted molar refractivity (Wildman–Crippen MR) is 104 cm³/mol. The maximum atomic E-state index is 12.5. The van der Waals surface area contributed by atoms with Gasteiger partial charge in [-0.05, 0) is 42.8 Å². The molecule has 0 saturated heterocycles. The highest BCUT2D eigenvalue weighted by molar-refractivity contribution is 9.10. The lowest BCUT2D eigenvalue weighted by Crippen LogP contribution is -2.35. The number of ether oxygens (including phenoxy) is 1. The molecule has 9 heteroatoms. The van der Waals surface area contributed by atoms with E-state index in [1.807, 2.05) is 13.0 Å². The first-order valence-electron chi connectivity index (χ1n) is 7.87. The van der Waals surface area contributed by atoms with E-state index in [9.17, 15) is 19.7 Å². The number of hydrogen-bond donors (Lipinski definition) is 1. The number of nitrogens with one attached hydrogen (secondary N) is 1. The van der Waals surface area contributed by atoms with Crippen molar-refractivity contribution in [1.82, 2.24) is 4.90 Å². The number of likely N-dealkylation sites (N-methyl/N-ethyl adjacent to an activating group) is 1. The molecule has 0 aliphatic carbocycles. The van der Waals surface area contributed by atoms with E-state index in [1.165, 1.54) is 31.2 Å². The molecule has 2 aromatic rings. The molecule has 0 aromatic heterocycles. The molecule has 0 radical (unpaired) electrons. The van der Waals surface area contributed by atoms with Crippen LogP contribution in [-0.2, 0) is 4.79 Å². The molecule has 0 aliphatic heterocycles. The number of rotatable bonds is 6. The Hall–Kier alpha value is -2.94. The molecule has 2 amide bonds. The van der Waals surface area contributed by atoms with Crippen molar-refractivity contribution in [3.05, 3.63) is 62.1 Å². The third kappa shape index (κ3) is 5.04. The van der Waals surface area contributed by atoms with E-state index < -0.39 is 10.8 Å². The van der Waals surface area contributed by atoms with Crippen molar-refractivity contribution >= 4 is 39.1 Å². The summed E-state index contributed by atoms with van der Waals surface area (Å²) in [7, 11) is 2.76. The van der Waals surface area contributed by atoms with E-state index in [1.54, 1.807) is 12.1 Å². The lowest BCUT2D eigenvalue weighted by atomic mass is 10.1. The SMILES string of the molecule is COc1ccc(C(=O)N(C)CC(=O)Nc2ccc(Br)cc2C)cc1[N+](=O)[O-]. The first-order chi connectivity index (χ1) is 12.7. The average molecular weight is 436 g/mol. The van der Waals surface area contributed by atoms with Crippen LogP contribution in [0, 0.1) is 17.0 Å². The fourth-order valence-electron chi connectivity index (χ4n) is 2.43. The number of carbonyl (C=O) groups excluding carboxylic acids is 2. The van der Waals surface area contributed by atoms with Gasteiger partial charge in [0.2, 0.25) is 5.91 Å². The number of carbonyl (C=O) groups is 2. The third-order valence-corrected chi connectivity index (χ3v) is 4.31. The van der Waals surface area contributed by atoms with Gasteiger partial charge in [-0.25, -0.2) is 0 Å². The monoisotopic (exact) mass is 435 g/mol. The summed E-state index contributed by atoms with van der Waals surface area (Å²) >= 11 is 3.35. The van der Waals surface area contributed by atoms with E-state index >= 15 is 0 Å². The Bertz CT molecular complexity index is 901.